The van der Waals surface area contributed by atoms with E-state index in [1.807, 2.05) is 0 Å². The van der Waals surface area contributed by atoms with Crippen molar-refractivity contribution in [3.05, 3.63) is 4.91 Å². The molecule has 0 spiro atoms. The molecule has 0 rings (SSSR count). The molecule has 0 saturated heterocycles. The molecule has 0 aromatic rings. The van der Waals surface area contributed by atoms with Crippen molar-refractivity contribution in [1.82, 2.24) is 5.43 Å². The second-order valence-electron chi connectivity index (χ2n) is 1.39. The van der Waals surface area contributed by atoms with Crippen LogP contribution in [-0.2, 0) is 0 Å². The van der Waals surface area contributed by atoms with Gasteiger partial charge in [0.15, 0.2) is 0 Å². The number of rotatable bonds is 4. The fraction of sp³-hybridized carbons (Fsp3) is 1.00. The Morgan fingerprint density at radius 1 is 1.67 bits per heavy atom. The van der Waals surface area contributed by atoms with Crippen LogP contribution in [0.3, 0.4) is 0 Å². The van der Waals surface area contributed by atoms with Crippen molar-refractivity contribution >= 4 is 0 Å². The summed E-state index contributed by atoms with van der Waals surface area (Å²) in [5.41, 5.74) is 2.40. The normalized spacial score (nSPS) is 10.0. The lowest BCUT2D eigenvalue weighted by molar-refractivity contribution is -0.600. The second-order valence-corrected chi connectivity index (χ2v) is 1.39. The molecule has 0 radical (unpaired) electrons. The van der Waals surface area contributed by atoms with E-state index >= 15 is 0 Å². The van der Waals surface area contributed by atoms with Gasteiger partial charge in [0.1, 0.15) is 11.4 Å². The van der Waals surface area contributed by atoms with Crippen LogP contribution in [0, 0.1) is 4.91 Å². The third kappa shape index (κ3) is 4.86. The summed E-state index contributed by atoms with van der Waals surface area (Å²) in [6.07, 6.45) is 0. The van der Waals surface area contributed by atoms with E-state index in [0.717, 1.165) is 0 Å². The smallest absolute Gasteiger partial charge is 0.197 e. The third-order valence-electron chi connectivity index (χ3n) is 0.794. The van der Waals surface area contributed by atoms with Crippen LogP contribution in [0.25, 0.3) is 0 Å². The van der Waals surface area contributed by atoms with E-state index in [4.69, 9.17) is 0 Å². The van der Waals surface area contributed by atoms with Crippen molar-refractivity contribution in [2.45, 2.75) is 0 Å². The van der Waals surface area contributed by atoms with E-state index in [9.17, 15) is 4.91 Å². The molecule has 0 saturated carbocycles. The zero-order valence-corrected chi connectivity index (χ0v) is 5.66. The van der Waals surface area contributed by atoms with E-state index in [1.165, 1.54) is 0 Å². The van der Waals surface area contributed by atoms with Crippen molar-refractivity contribution in [2.75, 3.05) is 27.2 Å². The molecule has 0 bridgehead atoms. The molecule has 0 aliphatic carbocycles. The van der Waals surface area contributed by atoms with E-state index in [2.05, 4.69) is 15.7 Å². The summed E-state index contributed by atoms with van der Waals surface area (Å²) in [6, 6.07) is 0. The molecule has 0 amide bonds. The van der Waals surface area contributed by atoms with Crippen LogP contribution in [-0.4, -0.2) is 32.1 Å². The lowest BCUT2D eigenvalue weighted by Crippen LogP contribution is -2.24. The third-order valence-corrected chi connectivity index (χ3v) is 0.794. The number of hydrazine groups is 1. The zero-order valence-electron chi connectivity index (χ0n) is 5.66. The van der Waals surface area contributed by atoms with Crippen LogP contribution < -0.4 is 5.43 Å². The minimum atomic E-state index is 0.341. The molecule has 0 fully saturated rings. The highest BCUT2D eigenvalue weighted by molar-refractivity contribution is 4.29. The Morgan fingerprint density at radius 3 is 2.78 bits per heavy atom. The molecule has 0 aromatic heterocycles. The van der Waals surface area contributed by atoms with Crippen LogP contribution in [0.1, 0.15) is 0 Å². The van der Waals surface area contributed by atoms with Gasteiger partial charge in [-0.25, -0.2) is 0 Å². The van der Waals surface area contributed by atoms with E-state index in [0.29, 0.717) is 18.0 Å². The summed E-state index contributed by atoms with van der Waals surface area (Å²) in [4.78, 5) is 11.1. The number of hydrogen-bond donors (Lipinski definition) is 1. The number of nitroso groups, excluding NO2 is 1. The van der Waals surface area contributed by atoms with Crippen molar-refractivity contribution in [3.8, 4) is 0 Å². The van der Waals surface area contributed by atoms with Gasteiger partial charge in [-0.15, -0.1) is 0 Å². The lowest BCUT2D eigenvalue weighted by Gasteiger charge is -1.84. The van der Waals surface area contributed by atoms with E-state index < -0.39 is 0 Å². The maximum Gasteiger partial charge on any atom is 0.246 e. The number of nitrogens with zero attached hydrogens (tertiary/aromatic N) is 3. The second kappa shape index (κ2) is 5.14. The quantitative estimate of drug-likeness (QED) is 0.331. The van der Waals surface area contributed by atoms with Gasteiger partial charge < -0.3 is 0 Å². The topological polar surface area (TPSA) is 56.8 Å². The summed E-state index contributed by atoms with van der Waals surface area (Å²) < 4.78 is 0. The molecule has 0 atom stereocenters. The van der Waals surface area contributed by atoms with E-state index in [1.54, 1.807) is 14.1 Å². The Labute approximate surface area is 53.7 Å². The molecule has 52 valence electrons. The number of hydrogen-bond acceptors (Lipinski definition) is 3. The Kier molecular flexibility index (Phi) is 4.57. The van der Waals surface area contributed by atoms with Crippen molar-refractivity contribution in [1.29, 1.82) is 0 Å². The van der Waals surface area contributed by atoms with Gasteiger partial charge in [0.05, 0.1) is 12.0 Å². The predicted octanol–water partition coefficient (Wildman–Crippen LogP) is -0.0183. The highest BCUT2D eigenvalue weighted by atomic mass is 16.3. The molecule has 0 aliphatic rings. The fourth-order valence-electron chi connectivity index (χ4n) is 0.347. The average molecular weight is 131 g/mol. The monoisotopic (exact) mass is 131 g/mol. The van der Waals surface area contributed by atoms with Crippen LogP contribution in [0.5, 0.6) is 0 Å². The molecule has 0 aromatic carbocycles. The molecule has 5 heteroatoms. The molecule has 1 N–H and O–H groups in total. The zero-order chi connectivity index (χ0) is 7.11. The minimum absolute atomic E-state index is 0.341. The van der Waals surface area contributed by atoms with Gasteiger partial charge in [0, 0.05) is 7.05 Å². The van der Waals surface area contributed by atoms with Gasteiger partial charge in [0.2, 0.25) is 6.54 Å². The highest BCUT2D eigenvalue weighted by Crippen LogP contribution is 1.71. The van der Waals surface area contributed by atoms with Crippen molar-refractivity contribution < 1.29 is 4.87 Å². The highest BCUT2D eigenvalue weighted by Gasteiger charge is 2.00. The summed E-state index contributed by atoms with van der Waals surface area (Å²) in [5, 5.41) is 7.08. The van der Waals surface area contributed by atoms with Gasteiger partial charge in [0.25, 0.3) is 0 Å². The molecule has 0 aliphatic heterocycles. The molecular formula is C4H11N4O+. The molecule has 0 heterocycles. The first-order valence-corrected chi connectivity index (χ1v) is 2.69. The van der Waals surface area contributed by atoms with Crippen LogP contribution in [0.2, 0.25) is 0 Å². The van der Waals surface area contributed by atoms with Crippen LogP contribution in [0.4, 0.5) is 0 Å². The Balaban J connectivity index is 3.17. The molecule has 0 unspecified atom stereocenters. The Bertz CT molecular complexity index is 111. The Morgan fingerprint density at radius 2 is 2.33 bits per heavy atom. The van der Waals surface area contributed by atoms with Crippen LogP contribution >= 0.6 is 0 Å². The molecule has 9 heavy (non-hydrogen) atoms. The first-order chi connectivity index (χ1) is 4.31. The molecular weight excluding hydrogens is 120 g/mol. The summed E-state index contributed by atoms with van der Waals surface area (Å²) in [7, 11) is 3.14. The predicted molar refractivity (Wildman–Crippen MR) is 33.2 cm³/mol. The largest absolute Gasteiger partial charge is 0.246 e. The summed E-state index contributed by atoms with van der Waals surface area (Å²) in [6.45, 7) is 0.786. The minimum Gasteiger partial charge on any atom is -0.197 e. The van der Waals surface area contributed by atoms with Gasteiger partial charge in [-0.1, -0.05) is 0 Å². The number of nitrogens with one attached hydrogen (secondary N) is 1. The first-order valence-electron chi connectivity index (χ1n) is 2.69. The van der Waals surface area contributed by atoms with Gasteiger partial charge >= 0.3 is 0 Å². The summed E-state index contributed by atoms with van der Waals surface area (Å²) >= 11 is 0. The SMILES string of the molecule is CN=NCC[N+](=O)NC. The maximum atomic E-state index is 10.4. The van der Waals surface area contributed by atoms with Crippen molar-refractivity contribution in [3.63, 3.8) is 0 Å². The fourth-order valence-corrected chi connectivity index (χ4v) is 0.347. The van der Waals surface area contributed by atoms with Crippen molar-refractivity contribution in [2.24, 2.45) is 10.2 Å². The number of azo groups is 1. The lowest BCUT2D eigenvalue weighted by atomic mass is 10.7. The van der Waals surface area contributed by atoms with Gasteiger partial charge in [-0.2, -0.15) is 15.7 Å². The Hall–Kier alpha value is -1.00. The van der Waals surface area contributed by atoms with E-state index in [-0.39, 0.29) is 0 Å². The van der Waals surface area contributed by atoms with Crippen LogP contribution in [0.15, 0.2) is 10.2 Å². The first kappa shape index (κ1) is 8.00. The average Bonchev–Trinajstić information content (AvgIpc) is 1.89. The van der Waals surface area contributed by atoms with Gasteiger partial charge in [-0.05, 0) is 0 Å². The molecule has 5 nitrogen and oxygen atoms in total. The maximum absolute atomic E-state index is 10.4. The standard InChI is InChI=1S/C4H11N4O/c1-5-7-3-4-8(9)6-2/h3-4H2,1-2H3,(H,6,9)/q+1. The summed E-state index contributed by atoms with van der Waals surface area (Å²) in [5.74, 6) is 0. The van der Waals surface area contributed by atoms with Gasteiger partial charge in [-0.3, -0.25) is 0 Å².